The predicted molar refractivity (Wildman–Crippen MR) is 56.2 cm³/mol. The van der Waals surface area contributed by atoms with Crippen LogP contribution in [0.5, 0.6) is 0 Å². The van der Waals surface area contributed by atoms with Crippen LogP contribution in [0.1, 0.15) is 34.8 Å². The van der Waals surface area contributed by atoms with Gasteiger partial charge in [-0.1, -0.05) is 13.8 Å². The van der Waals surface area contributed by atoms with Gasteiger partial charge in [-0.25, -0.2) is 14.8 Å². The molecular formula is C10H13N3O3. The first-order valence-corrected chi connectivity index (χ1v) is 4.85. The molecule has 1 aromatic heterocycles. The van der Waals surface area contributed by atoms with E-state index in [2.05, 4.69) is 15.3 Å². The van der Waals surface area contributed by atoms with Crippen molar-refractivity contribution in [1.29, 1.82) is 0 Å². The fraction of sp³-hybridized carbons (Fsp3) is 0.400. The molecule has 0 aliphatic rings. The number of carbonyl (C=O) groups excluding carboxylic acids is 1. The molecular weight excluding hydrogens is 210 g/mol. The monoisotopic (exact) mass is 223 g/mol. The molecule has 0 bridgehead atoms. The Morgan fingerprint density at radius 2 is 1.88 bits per heavy atom. The summed E-state index contributed by atoms with van der Waals surface area (Å²) >= 11 is 0. The molecule has 0 radical (unpaired) electrons. The summed E-state index contributed by atoms with van der Waals surface area (Å²) in [7, 11) is 0. The second-order valence-corrected chi connectivity index (χ2v) is 3.66. The molecule has 86 valence electrons. The third-order valence-corrected chi connectivity index (χ3v) is 1.79. The first-order valence-electron chi connectivity index (χ1n) is 4.85. The van der Waals surface area contributed by atoms with E-state index in [0.29, 0.717) is 6.54 Å². The Kier molecular flexibility index (Phi) is 3.93. The largest absolute Gasteiger partial charge is 0.476 e. The maximum atomic E-state index is 11.6. The van der Waals surface area contributed by atoms with Crippen molar-refractivity contribution >= 4 is 11.9 Å². The molecule has 0 atom stereocenters. The highest BCUT2D eigenvalue weighted by Gasteiger charge is 2.18. The number of nitrogens with zero attached hydrogens (tertiary/aromatic N) is 2. The van der Waals surface area contributed by atoms with Crippen LogP contribution in [-0.4, -0.2) is 33.5 Å². The number of aromatic carboxylic acids is 1. The van der Waals surface area contributed by atoms with Crippen LogP contribution in [0.25, 0.3) is 0 Å². The molecule has 0 fully saturated rings. The lowest BCUT2D eigenvalue weighted by molar-refractivity contribution is 0.0683. The van der Waals surface area contributed by atoms with Crippen LogP contribution in [0.15, 0.2) is 12.4 Å². The molecule has 1 amide bonds. The molecule has 6 heteroatoms. The lowest BCUT2D eigenvalue weighted by Gasteiger charge is -2.07. The zero-order valence-corrected chi connectivity index (χ0v) is 9.10. The highest BCUT2D eigenvalue weighted by molar-refractivity contribution is 6.01. The maximum absolute atomic E-state index is 11.6. The van der Waals surface area contributed by atoms with E-state index in [9.17, 15) is 9.59 Å². The lowest BCUT2D eigenvalue weighted by Crippen LogP contribution is -2.30. The minimum Gasteiger partial charge on any atom is -0.476 e. The van der Waals surface area contributed by atoms with Gasteiger partial charge in [-0.3, -0.25) is 4.79 Å². The summed E-state index contributed by atoms with van der Waals surface area (Å²) < 4.78 is 0. The smallest absolute Gasteiger partial charge is 0.356 e. The summed E-state index contributed by atoms with van der Waals surface area (Å²) in [5.41, 5.74) is -0.487. The minimum absolute atomic E-state index is 0.157. The predicted octanol–water partition coefficient (Wildman–Crippen LogP) is 0.561. The van der Waals surface area contributed by atoms with Crippen molar-refractivity contribution in [2.45, 2.75) is 13.8 Å². The van der Waals surface area contributed by atoms with Crippen LogP contribution < -0.4 is 5.32 Å². The number of amides is 1. The van der Waals surface area contributed by atoms with Gasteiger partial charge >= 0.3 is 5.97 Å². The molecule has 0 spiro atoms. The summed E-state index contributed by atoms with van der Waals surface area (Å²) in [6.45, 7) is 4.35. The van der Waals surface area contributed by atoms with E-state index in [0.717, 1.165) is 0 Å². The van der Waals surface area contributed by atoms with Gasteiger partial charge in [0.1, 0.15) is 0 Å². The Bertz CT molecular complexity index is 404. The number of aromatic nitrogens is 2. The first kappa shape index (κ1) is 12.1. The summed E-state index contributed by atoms with van der Waals surface area (Å²) in [5.74, 6) is -1.49. The van der Waals surface area contributed by atoms with Gasteiger partial charge in [0.25, 0.3) is 5.91 Å². The second-order valence-electron chi connectivity index (χ2n) is 3.66. The van der Waals surface area contributed by atoms with E-state index >= 15 is 0 Å². The number of rotatable bonds is 4. The van der Waals surface area contributed by atoms with Gasteiger partial charge in [0, 0.05) is 18.9 Å². The Balaban J connectivity index is 2.86. The van der Waals surface area contributed by atoms with Crippen molar-refractivity contribution in [2.24, 2.45) is 5.92 Å². The molecule has 0 unspecified atom stereocenters. The van der Waals surface area contributed by atoms with Gasteiger partial charge in [-0.05, 0) is 5.92 Å². The van der Waals surface area contributed by atoms with Crippen LogP contribution in [-0.2, 0) is 0 Å². The van der Waals surface area contributed by atoms with Gasteiger partial charge in [0.2, 0.25) is 0 Å². The van der Waals surface area contributed by atoms with E-state index in [1.54, 1.807) is 0 Å². The third kappa shape index (κ3) is 3.01. The zero-order valence-electron chi connectivity index (χ0n) is 9.10. The van der Waals surface area contributed by atoms with Crippen LogP contribution in [0.4, 0.5) is 0 Å². The number of carboxylic acids is 1. The summed E-state index contributed by atoms with van der Waals surface area (Å²) in [5, 5.41) is 11.4. The number of nitrogens with one attached hydrogen (secondary N) is 1. The second kappa shape index (κ2) is 5.20. The molecule has 2 N–H and O–H groups in total. The summed E-state index contributed by atoms with van der Waals surface area (Å²) in [6, 6.07) is 0. The molecule has 0 saturated carbocycles. The molecule has 1 heterocycles. The Morgan fingerprint density at radius 1 is 1.31 bits per heavy atom. The van der Waals surface area contributed by atoms with Crippen molar-refractivity contribution in [3.05, 3.63) is 23.8 Å². The third-order valence-electron chi connectivity index (χ3n) is 1.79. The van der Waals surface area contributed by atoms with Gasteiger partial charge in [-0.2, -0.15) is 0 Å². The summed E-state index contributed by atoms with van der Waals surface area (Å²) in [6.07, 6.45) is 2.53. The van der Waals surface area contributed by atoms with Crippen LogP contribution >= 0.6 is 0 Å². The molecule has 6 nitrogen and oxygen atoms in total. The fourth-order valence-electron chi connectivity index (χ4n) is 1.04. The van der Waals surface area contributed by atoms with Gasteiger partial charge in [0.15, 0.2) is 11.4 Å². The van der Waals surface area contributed by atoms with Crippen molar-refractivity contribution in [1.82, 2.24) is 15.3 Å². The highest BCUT2D eigenvalue weighted by atomic mass is 16.4. The molecule has 0 aliphatic heterocycles. The molecule has 0 aromatic carbocycles. The normalized spacial score (nSPS) is 10.2. The fourth-order valence-corrected chi connectivity index (χ4v) is 1.04. The van der Waals surface area contributed by atoms with Crippen LogP contribution in [0.3, 0.4) is 0 Å². The van der Waals surface area contributed by atoms with Crippen molar-refractivity contribution in [3.63, 3.8) is 0 Å². The number of hydrogen-bond donors (Lipinski definition) is 2. The minimum atomic E-state index is -1.26. The number of carboxylic acid groups (broad SMARTS) is 1. The van der Waals surface area contributed by atoms with Crippen molar-refractivity contribution in [3.8, 4) is 0 Å². The average molecular weight is 223 g/mol. The quantitative estimate of drug-likeness (QED) is 0.778. The van der Waals surface area contributed by atoms with Crippen molar-refractivity contribution in [2.75, 3.05) is 6.54 Å². The molecule has 1 rings (SSSR count). The van der Waals surface area contributed by atoms with Crippen LogP contribution in [0, 0.1) is 5.92 Å². The van der Waals surface area contributed by atoms with Gasteiger partial charge in [0.05, 0.1) is 0 Å². The Hall–Kier alpha value is -1.98. The van der Waals surface area contributed by atoms with Gasteiger partial charge < -0.3 is 10.4 Å². The van der Waals surface area contributed by atoms with E-state index in [1.165, 1.54) is 12.4 Å². The van der Waals surface area contributed by atoms with Crippen molar-refractivity contribution < 1.29 is 14.7 Å². The highest BCUT2D eigenvalue weighted by Crippen LogP contribution is 2.01. The average Bonchev–Trinajstić information content (AvgIpc) is 2.25. The van der Waals surface area contributed by atoms with Crippen LogP contribution in [0.2, 0.25) is 0 Å². The lowest BCUT2D eigenvalue weighted by atomic mass is 10.2. The maximum Gasteiger partial charge on any atom is 0.356 e. The first-order chi connectivity index (χ1) is 7.52. The zero-order chi connectivity index (χ0) is 12.1. The van der Waals surface area contributed by atoms with E-state index in [4.69, 9.17) is 5.11 Å². The van der Waals surface area contributed by atoms with Gasteiger partial charge in [-0.15, -0.1) is 0 Å². The number of carbonyl (C=O) groups is 2. The Morgan fingerprint density at radius 3 is 2.38 bits per heavy atom. The Labute approximate surface area is 92.7 Å². The number of hydrogen-bond acceptors (Lipinski definition) is 4. The molecule has 0 saturated heterocycles. The SMILES string of the molecule is CC(C)CNC(=O)c1nccnc1C(=O)O. The van der Waals surface area contributed by atoms with E-state index < -0.39 is 11.9 Å². The molecule has 1 aromatic rings. The van der Waals surface area contributed by atoms with E-state index in [1.807, 2.05) is 13.8 Å². The topological polar surface area (TPSA) is 92.2 Å². The summed E-state index contributed by atoms with van der Waals surface area (Å²) in [4.78, 5) is 29.7. The standard InChI is InChI=1S/C10H13N3O3/c1-6(2)5-13-9(14)7-8(10(15)16)12-4-3-11-7/h3-4,6H,5H2,1-2H3,(H,13,14)(H,15,16). The van der Waals surface area contributed by atoms with E-state index in [-0.39, 0.29) is 17.3 Å². The molecule has 16 heavy (non-hydrogen) atoms. The molecule has 0 aliphatic carbocycles.